The van der Waals surface area contributed by atoms with Gasteiger partial charge < -0.3 is 9.84 Å². The average Bonchev–Trinajstić information content (AvgIpc) is 2.36. The van der Waals surface area contributed by atoms with Gasteiger partial charge in [-0.1, -0.05) is 26.2 Å². The maximum absolute atomic E-state index is 10.7. The molecule has 1 aromatic rings. The summed E-state index contributed by atoms with van der Waals surface area (Å²) < 4.78 is 5.62. The molecule has 1 N–H and O–H groups in total. The highest BCUT2D eigenvalue weighted by atomic mass is 16.6. The Morgan fingerprint density at radius 3 is 2.74 bits per heavy atom. The van der Waals surface area contributed by atoms with Crippen molar-refractivity contribution in [2.75, 3.05) is 0 Å². The summed E-state index contributed by atoms with van der Waals surface area (Å²) in [6.45, 7) is 4.11. The molecule has 19 heavy (non-hydrogen) atoms. The van der Waals surface area contributed by atoms with Gasteiger partial charge >= 0.3 is 5.69 Å². The molecule has 106 valence electrons. The fourth-order valence-corrected chi connectivity index (χ4v) is 1.87. The molecule has 0 radical (unpaired) electrons. The van der Waals surface area contributed by atoms with Gasteiger partial charge in [-0.2, -0.15) is 0 Å². The van der Waals surface area contributed by atoms with Crippen molar-refractivity contribution in [2.24, 2.45) is 0 Å². The van der Waals surface area contributed by atoms with E-state index in [9.17, 15) is 15.2 Å². The van der Waals surface area contributed by atoms with Crippen LogP contribution in [0.1, 0.15) is 46.0 Å². The average molecular weight is 267 g/mol. The molecule has 0 aliphatic rings. The normalized spacial score (nSPS) is 12.1. The first kappa shape index (κ1) is 15.3. The Morgan fingerprint density at radius 1 is 1.37 bits per heavy atom. The van der Waals surface area contributed by atoms with E-state index in [-0.39, 0.29) is 17.5 Å². The van der Waals surface area contributed by atoms with Crippen LogP contribution in [0.25, 0.3) is 0 Å². The van der Waals surface area contributed by atoms with E-state index in [1.165, 1.54) is 31.4 Å². The third kappa shape index (κ3) is 5.16. The first-order valence-electron chi connectivity index (χ1n) is 6.68. The monoisotopic (exact) mass is 267 g/mol. The molecule has 5 heteroatoms. The summed E-state index contributed by atoms with van der Waals surface area (Å²) in [7, 11) is 0. The van der Waals surface area contributed by atoms with E-state index in [0.29, 0.717) is 5.75 Å². The molecular formula is C14H21NO4. The van der Waals surface area contributed by atoms with Gasteiger partial charge in [-0.25, -0.2) is 0 Å². The van der Waals surface area contributed by atoms with Gasteiger partial charge in [-0.15, -0.1) is 0 Å². The van der Waals surface area contributed by atoms with E-state index in [0.717, 1.165) is 12.8 Å². The first-order valence-corrected chi connectivity index (χ1v) is 6.68. The molecule has 0 spiro atoms. The van der Waals surface area contributed by atoms with Crippen LogP contribution < -0.4 is 4.74 Å². The summed E-state index contributed by atoms with van der Waals surface area (Å²) in [4.78, 5) is 10.1. The van der Waals surface area contributed by atoms with Gasteiger partial charge in [0.2, 0.25) is 0 Å². The Kier molecular flexibility index (Phi) is 6.12. The first-order chi connectivity index (χ1) is 9.04. The van der Waals surface area contributed by atoms with Crippen LogP contribution in [0.5, 0.6) is 11.5 Å². The van der Waals surface area contributed by atoms with Crippen LogP contribution in [0, 0.1) is 10.1 Å². The van der Waals surface area contributed by atoms with E-state index in [4.69, 9.17) is 4.74 Å². The van der Waals surface area contributed by atoms with Crippen LogP contribution in [-0.4, -0.2) is 16.1 Å². The number of nitrogens with zero attached hydrogens (tertiary/aromatic N) is 1. The Morgan fingerprint density at radius 2 is 2.11 bits per heavy atom. The highest BCUT2D eigenvalue weighted by molar-refractivity contribution is 5.49. The molecule has 1 aromatic carbocycles. The van der Waals surface area contributed by atoms with E-state index < -0.39 is 4.92 Å². The Hall–Kier alpha value is -1.78. The molecule has 1 unspecified atom stereocenters. The van der Waals surface area contributed by atoms with Gasteiger partial charge in [-0.3, -0.25) is 10.1 Å². The summed E-state index contributed by atoms with van der Waals surface area (Å²) in [6, 6.07) is 4.10. The molecule has 0 saturated heterocycles. The van der Waals surface area contributed by atoms with Crippen molar-refractivity contribution in [3.63, 3.8) is 0 Å². The lowest BCUT2D eigenvalue weighted by Crippen LogP contribution is -2.11. The molecule has 0 amide bonds. The topological polar surface area (TPSA) is 72.6 Å². The van der Waals surface area contributed by atoms with Gasteiger partial charge in [0.05, 0.1) is 17.1 Å². The van der Waals surface area contributed by atoms with Crippen LogP contribution in [0.4, 0.5) is 5.69 Å². The van der Waals surface area contributed by atoms with Crippen molar-refractivity contribution in [1.29, 1.82) is 0 Å². The minimum absolute atomic E-state index is 0.0148. The molecule has 5 nitrogen and oxygen atoms in total. The molecule has 1 atom stereocenters. The minimum Gasteiger partial charge on any atom is -0.502 e. The molecular weight excluding hydrogens is 246 g/mol. The van der Waals surface area contributed by atoms with Crippen LogP contribution in [-0.2, 0) is 0 Å². The van der Waals surface area contributed by atoms with Gasteiger partial charge in [0.15, 0.2) is 5.75 Å². The van der Waals surface area contributed by atoms with Crippen molar-refractivity contribution in [3.8, 4) is 11.5 Å². The summed E-state index contributed by atoms with van der Waals surface area (Å²) in [5, 5.41) is 20.0. The van der Waals surface area contributed by atoms with Crippen molar-refractivity contribution in [3.05, 3.63) is 28.3 Å². The number of aromatic hydroxyl groups is 1. The number of phenolic OH excluding ortho intramolecular Hbond substituents is 1. The number of nitro groups is 1. The molecule has 0 aliphatic heterocycles. The Bertz CT molecular complexity index is 420. The van der Waals surface area contributed by atoms with Gasteiger partial charge in [0.25, 0.3) is 0 Å². The number of nitro benzene ring substituents is 1. The fourth-order valence-electron chi connectivity index (χ4n) is 1.87. The van der Waals surface area contributed by atoms with Gasteiger partial charge in [0.1, 0.15) is 5.75 Å². The zero-order valence-corrected chi connectivity index (χ0v) is 11.5. The summed E-state index contributed by atoms with van der Waals surface area (Å²) in [5.74, 6) is 0.0837. The van der Waals surface area contributed by atoms with Gasteiger partial charge in [-0.05, 0) is 31.9 Å². The second-order valence-electron chi connectivity index (χ2n) is 4.69. The van der Waals surface area contributed by atoms with Crippen LogP contribution in [0.15, 0.2) is 18.2 Å². The predicted molar refractivity (Wildman–Crippen MR) is 73.6 cm³/mol. The number of hydrogen-bond donors (Lipinski definition) is 1. The minimum atomic E-state index is -0.617. The van der Waals surface area contributed by atoms with Gasteiger partial charge in [0, 0.05) is 0 Å². The number of hydrogen-bond acceptors (Lipinski definition) is 4. The third-order valence-corrected chi connectivity index (χ3v) is 2.95. The molecule has 0 aromatic heterocycles. The van der Waals surface area contributed by atoms with Crippen LogP contribution >= 0.6 is 0 Å². The highest BCUT2D eigenvalue weighted by Crippen LogP contribution is 2.30. The maximum atomic E-state index is 10.7. The number of phenols is 1. The van der Waals surface area contributed by atoms with Crippen molar-refractivity contribution in [2.45, 2.75) is 52.1 Å². The molecule has 1 rings (SSSR count). The summed E-state index contributed by atoms with van der Waals surface area (Å²) >= 11 is 0. The van der Waals surface area contributed by atoms with Crippen molar-refractivity contribution in [1.82, 2.24) is 0 Å². The Labute approximate surface area is 113 Å². The Balaban J connectivity index is 2.52. The van der Waals surface area contributed by atoms with E-state index in [2.05, 4.69) is 6.92 Å². The number of rotatable bonds is 8. The lowest BCUT2D eigenvalue weighted by atomic mass is 10.1. The van der Waals surface area contributed by atoms with Crippen LogP contribution in [0.3, 0.4) is 0 Å². The fraction of sp³-hybridized carbons (Fsp3) is 0.571. The van der Waals surface area contributed by atoms with E-state index in [1.807, 2.05) is 6.92 Å². The molecule has 0 fully saturated rings. The van der Waals surface area contributed by atoms with E-state index in [1.54, 1.807) is 6.07 Å². The lowest BCUT2D eigenvalue weighted by Gasteiger charge is -2.14. The second kappa shape index (κ2) is 7.61. The predicted octanol–water partition coefficient (Wildman–Crippen LogP) is 4.04. The van der Waals surface area contributed by atoms with Crippen LogP contribution in [0.2, 0.25) is 0 Å². The number of ether oxygens (including phenoxy) is 1. The molecule has 0 heterocycles. The highest BCUT2D eigenvalue weighted by Gasteiger charge is 2.15. The zero-order chi connectivity index (χ0) is 14.3. The number of benzene rings is 1. The lowest BCUT2D eigenvalue weighted by molar-refractivity contribution is -0.386. The zero-order valence-electron chi connectivity index (χ0n) is 11.5. The smallest absolute Gasteiger partial charge is 0.314 e. The summed E-state index contributed by atoms with van der Waals surface area (Å²) in [6.07, 6.45) is 5.63. The van der Waals surface area contributed by atoms with E-state index >= 15 is 0 Å². The SMILES string of the molecule is CCCCCCC(C)Oc1ccc(O)c([N+](=O)[O-])c1. The largest absolute Gasteiger partial charge is 0.502 e. The summed E-state index contributed by atoms with van der Waals surface area (Å²) in [5.41, 5.74) is -0.323. The number of unbranched alkanes of at least 4 members (excludes halogenated alkanes) is 3. The molecule has 0 saturated carbocycles. The molecule has 0 bridgehead atoms. The quantitative estimate of drug-likeness (QED) is 0.438. The van der Waals surface area contributed by atoms with Crippen molar-refractivity contribution >= 4 is 5.69 Å². The third-order valence-electron chi connectivity index (χ3n) is 2.95. The van der Waals surface area contributed by atoms with Crippen molar-refractivity contribution < 1.29 is 14.8 Å². The second-order valence-corrected chi connectivity index (χ2v) is 4.69. The standard InChI is InChI=1S/C14H21NO4/c1-3-4-5-6-7-11(2)19-12-8-9-14(16)13(10-12)15(17)18/h8-11,16H,3-7H2,1-2H3. The maximum Gasteiger partial charge on any atom is 0.314 e. The molecule has 0 aliphatic carbocycles.